The van der Waals surface area contributed by atoms with E-state index < -0.39 is 5.38 Å². The number of rotatable bonds is 3. The molecule has 0 N–H and O–H groups in total. The van der Waals surface area contributed by atoms with Crippen molar-refractivity contribution in [2.45, 2.75) is 51.3 Å². The first-order valence-corrected chi connectivity index (χ1v) is 10.6. The zero-order valence-corrected chi connectivity index (χ0v) is 17.9. The summed E-state index contributed by atoms with van der Waals surface area (Å²) in [5.41, 5.74) is 3.05. The van der Waals surface area contributed by atoms with Crippen LogP contribution in [0.1, 0.15) is 32.0 Å². The summed E-state index contributed by atoms with van der Waals surface area (Å²) in [4.78, 5) is 26.5. The van der Waals surface area contributed by atoms with Crippen molar-refractivity contribution in [2.75, 3.05) is 24.5 Å². The Kier molecular flexibility index (Phi) is 5.74. The molecular formula is C22H27ClN4O2. The molecule has 2 aliphatic heterocycles. The van der Waals surface area contributed by atoms with Crippen molar-refractivity contribution >= 4 is 23.3 Å². The predicted octanol–water partition coefficient (Wildman–Crippen LogP) is 3.27. The molecule has 7 heteroatoms. The lowest BCUT2D eigenvalue weighted by molar-refractivity contribution is -0.131. The second kappa shape index (κ2) is 8.28. The van der Waals surface area contributed by atoms with Crippen LogP contribution in [0, 0.1) is 0 Å². The van der Waals surface area contributed by atoms with Gasteiger partial charge in [0.1, 0.15) is 11.2 Å². The van der Waals surface area contributed by atoms with Crippen LogP contribution in [0.25, 0.3) is 11.4 Å². The van der Waals surface area contributed by atoms with Gasteiger partial charge in [0.25, 0.3) is 0 Å². The van der Waals surface area contributed by atoms with Crippen molar-refractivity contribution in [3.8, 4) is 11.4 Å². The lowest BCUT2D eigenvalue weighted by Crippen LogP contribution is -2.47. The van der Waals surface area contributed by atoms with Gasteiger partial charge in [-0.2, -0.15) is 0 Å². The fourth-order valence-corrected chi connectivity index (χ4v) is 4.30. The Balaban J connectivity index is 1.77. The third-order valence-electron chi connectivity index (χ3n) is 5.44. The van der Waals surface area contributed by atoms with Crippen LogP contribution in [0.2, 0.25) is 0 Å². The lowest BCUT2D eigenvalue weighted by atomic mass is 10.0. The fraction of sp³-hybridized carbons (Fsp3) is 0.500. The SMILES string of the molecule is C[C@H]1CN(c2nc(-c3ccccc3)nc3c2CN(C(=O)[C@@H](C)Cl)CC3)C[C@H](C)O1. The van der Waals surface area contributed by atoms with Crippen LogP contribution in [0.15, 0.2) is 30.3 Å². The Morgan fingerprint density at radius 3 is 2.52 bits per heavy atom. The Morgan fingerprint density at radius 2 is 1.86 bits per heavy atom. The van der Waals surface area contributed by atoms with E-state index >= 15 is 0 Å². The van der Waals surface area contributed by atoms with Crippen LogP contribution in [-0.4, -0.2) is 58.0 Å². The summed E-state index contributed by atoms with van der Waals surface area (Å²) in [5, 5.41) is -0.534. The Morgan fingerprint density at radius 1 is 1.17 bits per heavy atom. The van der Waals surface area contributed by atoms with Crippen molar-refractivity contribution in [1.82, 2.24) is 14.9 Å². The highest BCUT2D eigenvalue weighted by Gasteiger charge is 2.31. The van der Waals surface area contributed by atoms with Crippen LogP contribution in [0.4, 0.5) is 5.82 Å². The highest BCUT2D eigenvalue weighted by atomic mass is 35.5. The molecule has 1 saturated heterocycles. The Bertz CT molecular complexity index is 880. The molecule has 1 aromatic heterocycles. The lowest BCUT2D eigenvalue weighted by Gasteiger charge is -2.39. The highest BCUT2D eigenvalue weighted by Crippen LogP contribution is 2.31. The molecular weight excluding hydrogens is 388 g/mol. The smallest absolute Gasteiger partial charge is 0.240 e. The molecule has 0 aliphatic carbocycles. The van der Waals surface area contributed by atoms with E-state index in [1.807, 2.05) is 35.2 Å². The number of fused-ring (bicyclic) bond motifs is 1. The van der Waals surface area contributed by atoms with E-state index in [1.54, 1.807) is 6.92 Å². The number of carbonyl (C=O) groups excluding carboxylic acids is 1. The number of alkyl halides is 1. The van der Waals surface area contributed by atoms with Crippen molar-refractivity contribution in [1.29, 1.82) is 0 Å². The van der Waals surface area contributed by atoms with Gasteiger partial charge in [0.05, 0.1) is 24.4 Å². The summed E-state index contributed by atoms with van der Waals surface area (Å²) >= 11 is 6.07. The number of hydrogen-bond donors (Lipinski definition) is 0. The number of benzene rings is 1. The number of aromatic nitrogens is 2. The Labute approximate surface area is 176 Å². The van der Waals surface area contributed by atoms with Gasteiger partial charge in [0.15, 0.2) is 5.82 Å². The maximum atomic E-state index is 12.5. The number of hydrogen-bond acceptors (Lipinski definition) is 5. The number of nitrogens with zero attached hydrogens (tertiary/aromatic N) is 4. The van der Waals surface area contributed by atoms with Gasteiger partial charge in [0.2, 0.25) is 5.91 Å². The number of carbonyl (C=O) groups is 1. The summed E-state index contributed by atoms with van der Waals surface area (Å²) in [6.07, 6.45) is 0.942. The normalized spacial score (nSPS) is 22.9. The molecule has 4 rings (SSSR count). The zero-order chi connectivity index (χ0) is 20.5. The maximum Gasteiger partial charge on any atom is 0.240 e. The van der Waals surface area contributed by atoms with E-state index in [0.29, 0.717) is 19.5 Å². The first-order chi connectivity index (χ1) is 13.9. The zero-order valence-electron chi connectivity index (χ0n) is 17.1. The average Bonchev–Trinajstić information content (AvgIpc) is 2.71. The van der Waals surface area contributed by atoms with Crippen molar-refractivity contribution < 1.29 is 9.53 Å². The first kappa shape index (κ1) is 20.1. The van der Waals surface area contributed by atoms with Gasteiger partial charge in [-0.3, -0.25) is 4.79 Å². The summed E-state index contributed by atoms with van der Waals surface area (Å²) in [5.74, 6) is 1.60. The molecule has 2 aromatic rings. The number of anilines is 1. The van der Waals surface area contributed by atoms with Crippen LogP contribution < -0.4 is 4.90 Å². The van der Waals surface area contributed by atoms with Crippen LogP contribution in [0.3, 0.4) is 0 Å². The van der Waals surface area contributed by atoms with Crippen molar-refractivity contribution in [3.05, 3.63) is 41.6 Å². The molecule has 6 nitrogen and oxygen atoms in total. The molecule has 2 aliphatic rings. The number of morpholine rings is 1. The second-order valence-corrected chi connectivity index (χ2v) is 8.60. The fourth-order valence-electron chi connectivity index (χ4n) is 4.17. The number of amides is 1. The molecule has 3 heterocycles. The van der Waals surface area contributed by atoms with E-state index in [0.717, 1.165) is 41.6 Å². The van der Waals surface area contributed by atoms with Crippen LogP contribution in [0.5, 0.6) is 0 Å². The van der Waals surface area contributed by atoms with E-state index in [1.165, 1.54) is 0 Å². The number of halogens is 1. The molecule has 3 atom stereocenters. The molecule has 154 valence electrons. The van der Waals surface area contributed by atoms with E-state index in [4.69, 9.17) is 26.3 Å². The minimum Gasteiger partial charge on any atom is -0.372 e. The van der Waals surface area contributed by atoms with Gasteiger partial charge in [-0.25, -0.2) is 9.97 Å². The molecule has 0 saturated carbocycles. The molecule has 0 spiro atoms. The van der Waals surface area contributed by atoms with Gasteiger partial charge in [0, 0.05) is 37.2 Å². The minimum atomic E-state index is -0.534. The molecule has 1 aromatic carbocycles. The summed E-state index contributed by atoms with van der Waals surface area (Å²) in [6, 6.07) is 10.1. The maximum absolute atomic E-state index is 12.5. The van der Waals surface area contributed by atoms with Crippen molar-refractivity contribution in [2.24, 2.45) is 0 Å². The van der Waals surface area contributed by atoms with E-state index in [9.17, 15) is 4.79 Å². The highest BCUT2D eigenvalue weighted by molar-refractivity contribution is 6.30. The topological polar surface area (TPSA) is 58.6 Å². The number of ether oxygens (including phenoxy) is 1. The third-order valence-corrected chi connectivity index (χ3v) is 5.63. The van der Waals surface area contributed by atoms with Gasteiger partial charge in [-0.15, -0.1) is 11.6 Å². The van der Waals surface area contributed by atoms with Crippen molar-refractivity contribution in [3.63, 3.8) is 0 Å². The van der Waals surface area contributed by atoms with E-state index in [2.05, 4.69) is 18.7 Å². The van der Waals surface area contributed by atoms with Crippen LogP contribution >= 0.6 is 11.6 Å². The van der Waals surface area contributed by atoms with Gasteiger partial charge in [-0.1, -0.05) is 30.3 Å². The van der Waals surface area contributed by atoms with E-state index in [-0.39, 0.29) is 18.1 Å². The van der Waals surface area contributed by atoms with Gasteiger partial charge >= 0.3 is 0 Å². The van der Waals surface area contributed by atoms with Crippen LogP contribution in [-0.2, 0) is 22.5 Å². The molecule has 1 fully saturated rings. The minimum absolute atomic E-state index is 0.0425. The molecule has 0 bridgehead atoms. The van der Waals surface area contributed by atoms with Gasteiger partial charge in [-0.05, 0) is 20.8 Å². The molecule has 0 radical (unpaired) electrons. The quantitative estimate of drug-likeness (QED) is 0.721. The average molecular weight is 415 g/mol. The first-order valence-electron chi connectivity index (χ1n) is 10.2. The molecule has 1 amide bonds. The summed E-state index contributed by atoms with van der Waals surface area (Å²) in [6.45, 7) is 8.54. The largest absolute Gasteiger partial charge is 0.372 e. The summed E-state index contributed by atoms with van der Waals surface area (Å²) in [7, 11) is 0. The van der Waals surface area contributed by atoms with Gasteiger partial charge < -0.3 is 14.5 Å². The second-order valence-electron chi connectivity index (χ2n) is 7.95. The standard InChI is InChI=1S/C22H27ClN4O2/c1-14-11-27(12-15(2)29-14)21-18-13-26(22(28)16(3)23)10-9-19(18)24-20(25-21)17-7-5-4-6-8-17/h4-8,14-16H,9-13H2,1-3H3/t14-,15-,16+/m0/s1. The molecule has 0 unspecified atom stereocenters. The Hall–Kier alpha value is -2.18. The summed E-state index contributed by atoms with van der Waals surface area (Å²) < 4.78 is 5.92. The third kappa shape index (κ3) is 4.23. The predicted molar refractivity (Wildman–Crippen MR) is 114 cm³/mol. The molecule has 29 heavy (non-hydrogen) atoms. The monoisotopic (exact) mass is 414 g/mol.